The quantitative estimate of drug-likeness (QED) is 0.514. The molecule has 0 heterocycles. The lowest BCUT2D eigenvalue weighted by atomic mass is 10.0. The molecule has 0 radical (unpaired) electrons. The SMILES string of the molecule is CCCCC(CC)COc1ccc(C(=O)NNC=O)cc1. The molecule has 0 aliphatic carbocycles. The molecule has 2 N–H and O–H groups in total. The van der Waals surface area contributed by atoms with Crippen LogP contribution in [0.3, 0.4) is 0 Å². The lowest BCUT2D eigenvalue weighted by Gasteiger charge is -2.15. The minimum Gasteiger partial charge on any atom is -0.493 e. The highest BCUT2D eigenvalue weighted by atomic mass is 16.5. The lowest BCUT2D eigenvalue weighted by Crippen LogP contribution is -2.36. The van der Waals surface area contributed by atoms with Crippen molar-refractivity contribution in [1.82, 2.24) is 10.9 Å². The molecule has 0 aromatic heterocycles. The average Bonchev–Trinajstić information content (AvgIpc) is 2.53. The number of hydrogen-bond donors (Lipinski definition) is 2. The Morgan fingerprint density at radius 1 is 1.29 bits per heavy atom. The molecule has 0 saturated heterocycles. The largest absolute Gasteiger partial charge is 0.493 e. The van der Waals surface area contributed by atoms with E-state index in [0.29, 0.717) is 24.5 Å². The molecule has 5 heteroatoms. The van der Waals surface area contributed by atoms with Gasteiger partial charge in [0, 0.05) is 5.56 Å². The van der Waals surface area contributed by atoms with E-state index in [2.05, 4.69) is 24.7 Å². The van der Waals surface area contributed by atoms with E-state index in [-0.39, 0.29) is 5.91 Å². The first kappa shape index (κ1) is 17.0. The van der Waals surface area contributed by atoms with Crippen LogP contribution in [0.4, 0.5) is 0 Å². The lowest BCUT2D eigenvalue weighted by molar-refractivity contribution is -0.110. The fraction of sp³-hybridized carbons (Fsp3) is 0.500. The predicted molar refractivity (Wildman–Crippen MR) is 81.9 cm³/mol. The van der Waals surface area contributed by atoms with Crippen LogP contribution in [-0.4, -0.2) is 18.9 Å². The molecule has 1 aromatic rings. The standard InChI is InChI=1S/C16H24N2O3/c1-3-5-6-13(4-2)11-21-15-9-7-14(8-10-15)16(20)18-17-12-19/h7-10,12-13H,3-6,11H2,1-2H3,(H,17,19)(H,18,20). The Morgan fingerprint density at radius 3 is 2.57 bits per heavy atom. The molecule has 1 unspecified atom stereocenters. The molecule has 21 heavy (non-hydrogen) atoms. The zero-order valence-electron chi connectivity index (χ0n) is 12.7. The smallest absolute Gasteiger partial charge is 0.269 e. The highest BCUT2D eigenvalue weighted by Crippen LogP contribution is 2.17. The third-order valence-electron chi connectivity index (χ3n) is 3.39. The molecular formula is C16H24N2O3. The van der Waals surface area contributed by atoms with Crippen molar-refractivity contribution in [3.05, 3.63) is 29.8 Å². The number of hydrazine groups is 1. The minimum atomic E-state index is -0.358. The van der Waals surface area contributed by atoms with E-state index in [1.54, 1.807) is 24.3 Å². The van der Waals surface area contributed by atoms with E-state index < -0.39 is 0 Å². The molecule has 116 valence electrons. The zero-order valence-corrected chi connectivity index (χ0v) is 12.7. The second-order valence-corrected chi connectivity index (χ2v) is 4.97. The molecule has 0 spiro atoms. The maximum absolute atomic E-state index is 11.6. The third kappa shape index (κ3) is 6.29. The molecule has 1 atom stereocenters. The topological polar surface area (TPSA) is 67.4 Å². The van der Waals surface area contributed by atoms with Crippen LogP contribution in [0.1, 0.15) is 49.9 Å². The maximum atomic E-state index is 11.6. The van der Waals surface area contributed by atoms with Gasteiger partial charge in [-0.1, -0.05) is 33.1 Å². The number of benzene rings is 1. The van der Waals surface area contributed by atoms with Crippen LogP contribution in [0.15, 0.2) is 24.3 Å². The summed E-state index contributed by atoms with van der Waals surface area (Å²) in [7, 11) is 0. The zero-order chi connectivity index (χ0) is 15.5. The van der Waals surface area contributed by atoms with Gasteiger partial charge in [0.2, 0.25) is 6.41 Å². The summed E-state index contributed by atoms with van der Waals surface area (Å²) in [6.45, 7) is 5.07. The normalized spacial score (nSPS) is 11.5. The van der Waals surface area contributed by atoms with Crippen LogP contribution in [0, 0.1) is 5.92 Å². The second kappa shape index (κ2) is 9.80. The van der Waals surface area contributed by atoms with Crippen LogP contribution in [0.2, 0.25) is 0 Å². The summed E-state index contributed by atoms with van der Waals surface area (Å²) in [4.78, 5) is 21.7. The first-order valence-corrected chi connectivity index (χ1v) is 7.43. The summed E-state index contributed by atoms with van der Waals surface area (Å²) in [5.41, 5.74) is 4.84. The molecule has 0 saturated carbocycles. The Kier molecular flexibility index (Phi) is 7.94. The van der Waals surface area contributed by atoms with Crippen molar-refractivity contribution in [3.8, 4) is 5.75 Å². The van der Waals surface area contributed by atoms with Crippen molar-refractivity contribution >= 4 is 12.3 Å². The number of carbonyl (C=O) groups excluding carboxylic acids is 2. The van der Waals surface area contributed by atoms with Gasteiger partial charge in [-0.15, -0.1) is 0 Å². The summed E-state index contributed by atoms with van der Waals surface area (Å²) in [6.07, 6.45) is 5.14. The number of carbonyl (C=O) groups is 2. The fourth-order valence-corrected chi connectivity index (χ4v) is 1.98. The Morgan fingerprint density at radius 2 is 2.00 bits per heavy atom. The summed E-state index contributed by atoms with van der Waals surface area (Å²) in [6, 6.07) is 6.87. The highest BCUT2D eigenvalue weighted by molar-refractivity contribution is 5.94. The molecule has 0 aliphatic heterocycles. The fourth-order valence-electron chi connectivity index (χ4n) is 1.98. The highest BCUT2D eigenvalue weighted by Gasteiger charge is 2.08. The van der Waals surface area contributed by atoms with E-state index >= 15 is 0 Å². The Hall–Kier alpha value is -2.04. The van der Waals surface area contributed by atoms with E-state index in [0.717, 1.165) is 12.2 Å². The van der Waals surface area contributed by atoms with Gasteiger partial charge >= 0.3 is 0 Å². The predicted octanol–water partition coefficient (Wildman–Crippen LogP) is 2.67. The molecule has 1 rings (SSSR count). The van der Waals surface area contributed by atoms with E-state index in [1.165, 1.54) is 19.3 Å². The number of amides is 2. The monoisotopic (exact) mass is 292 g/mol. The summed E-state index contributed by atoms with van der Waals surface area (Å²) in [5, 5.41) is 0. The number of nitrogens with one attached hydrogen (secondary N) is 2. The van der Waals surface area contributed by atoms with E-state index in [4.69, 9.17) is 4.74 Å². The van der Waals surface area contributed by atoms with Gasteiger partial charge in [-0.25, -0.2) is 0 Å². The Balaban J connectivity index is 2.46. The van der Waals surface area contributed by atoms with Crippen molar-refractivity contribution in [2.45, 2.75) is 39.5 Å². The van der Waals surface area contributed by atoms with Gasteiger partial charge in [-0.05, 0) is 36.6 Å². The van der Waals surface area contributed by atoms with E-state index in [1.807, 2.05) is 0 Å². The van der Waals surface area contributed by atoms with Crippen LogP contribution in [0.5, 0.6) is 5.75 Å². The molecule has 2 amide bonds. The molecule has 0 aliphatic rings. The average molecular weight is 292 g/mol. The number of ether oxygens (including phenoxy) is 1. The van der Waals surface area contributed by atoms with Gasteiger partial charge in [0.25, 0.3) is 5.91 Å². The third-order valence-corrected chi connectivity index (χ3v) is 3.39. The number of hydrogen-bond acceptors (Lipinski definition) is 3. The molecule has 1 aromatic carbocycles. The van der Waals surface area contributed by atoms with Gasteiger partial charge < -0.3 is 4.74 Å². The van der Waals surface area contributed by atoms with Gasteiger partial charge in [0.05, 0.1) is 6.61 Å². The minimum absolute atomic E-state index is 0.358. The molecule has 0 bridgehead atoms. The van der Waals surface area contributed by atoms with Gasteiger partial charge in [0.15, 0.2) is 0 Å². The van der Waals surface area contributed by atoms with Crippen molar-refractivity contribution in [1.29, 1.82) is 0 Å². The van der Waals surface area contributed by atoms with Gasteiger partial charge in [-0.3, -0.25) is 20.4 Å². The van der Waals surface area contributed by atoms with Gasteiger partial charge in [0.1, 0.15) is 5.75 Å². The van der Waals surface area contributed by atoms with Crippen molar-refractivity contribution in [2.24, 2.45) is 5.92 Å². The Bertz CT molecular complexity index is 432. The van der Waals surface area contributed by atoms with Crippen molar-refractivity contribution in [2.75, 3.05) is 6.61 Å². The van der Waals surface area contributed by atoms with Crippen LogP contribution in [0.25, 0.3) is 0 Å². The number of unbranched alkanes of at least 4 members (excludes halogenated alkanes) is 1. The summed E-state index contributed by atoms with van der Waals surface area (Å²) >= 11 is 0. The second-order valence-electron chi connectivity index (χ2n) is 4.97. The van der Waals surface area contributed by atoms with Crippen LogP contribution in [-0.2, 0) is 4.79 Å². The van der Waals surface area contributed by atoms with Crippen LogP contribution < -0.4 is 15.6 Å². The van der Waals surface area contributed by atoms with E-state index in [9.17, 15) is 9.59 Å². The molecule has 0 fully saturated rings. The first-order chi connectivity index (χ1) is 10.2. The summed E-state index contributed by atoms with van der Waals surface area (Å²) in [5.74, 6) is 0.970. The van der Waals surface area contributed by atoms with Gasteiger partial charge in [-0.2, -0.15) is 0 Å². The van der Waals surface area contributed by atoms with Crippen molar-refractivity contribution in [3.63, 3.8) is 0 Å². The summed E-state index contributed by atoms with van der Waals surface area (Å²) < 4.78 is 5.77. The number of rotatable bonds is 10. The first-order valence-electron chi connectivity index (χ1n) is 7.43. The van der Waals surface area contributed by atoms with Crippen LogP contribution >= 0.6 is 0 Å². The molecule has 5 nitrogen and oxygen atoms in total. The Labute approximate surface area is 126 Å². The van der Waals surface area contributed by atoms with Crippen molar-refractivity contribution < 1.29 is 14.3 Å². The molecular weight excluding hydrogens is 268 g/mol. The maximum Gasteiger partial charge on any atom is 0.269 e.